The summed E-state index contributed by atoms with van der Waals surface area (Å²) in [5, 5.41) is 28.3. The van der Waals surface area contributed by atoms with Crippen LogP contribution in [-0.2, 0) is 6.54 Å². The maximum Gasteiger partial charge on any atom is 0.301 e. The number of aliphatic hydroxyl groups excluding tert-OH is 3. The van der Waals surface area contributed by atoms with Crippen LogP contribution in [0.3, 0.4) is 0 Å². The maximum atomic E-state index is 13.5. The summed E-state index contributed by atoms with van der Waals surface area (Å²) in [6, 6.07) is 8.02. The number of rotatable bonds is 3. The van der Waals surface area contributed by atoms with Crippen LogP contribution in [0.4, 0.5) is 8.78 Å². The minimum atomic E-state index is -3.60. The SMILES string of the molecule is OC[C@H]1[C@@H](O)C(F)(F)[C@@H](O)CN1Cc1ccccc1. The third-order valence-electron chi connectivity index (χ3n) is 3.50. The molecule has 0 spiro atoms. The fraction of sp³-hybridized carbons (Fsp3) is 0.538. The van der Waals surface area contributed by atoms with Crippen molar-refractivity contribution < 1.29 is 24.1 Å². The van der Waals surface area contributed by atoms with E-state index in [4.69, 9.17) is 0 Å². The van der Waals surface area contributed by atoms with E-state index < -0.39 is 30.8 Å². The number of β-amino-alcohol motifs (C(OH)–C–C–N with tert-alkyl or cyclic N) is 1. The standard InChI is InChI=1S/C13H17F2NO3/c14-13(15)11(18)7-16(10(8-17)12(13)19)6-9-4-2-1-3-5-9/h1-5,10-12,17-19H,6-8H2/t10-,11-,12+/m0/s1. The summed E-state index contributed by atoms with van der Waals surface area (Å²) in [7, 11) is 0. The van der Waals surface area contributed by atoms with Crippen LogP contribution in [0.15, 0.2) is 30.3 Å². The highest BCUT2D eigenvalue weighted by molar-refractivity contribution is 5.15. The lowest BCUT2D eigenvalue weighted by Crippen LogP contribution is -2.65. The van der Waals surface area contributed by atoms with E-state index in [1.165, 1.54) is 4.90 Å². The number of halogens is 2. The van der Waals surface area contributed by atoms with Gasteiger partial charge in [-0.3, -0.25) is 4.90 Å². The number of hydrogen-bond donors (Lipinski definition) is 3. The quantitative estimate of drug-likeness (QED) is 0.737. The van der Waals surface area contributed by atoms with E-state index in [9.17, 15) is 24.1 Å². The van der Waals surface area contributed by atoms with Crippen LogP contribution in [-0.4, -0.2) is 57.5 Å². The molecule has 0 bridgehead atoms. The van der Waals surface area contributed by atoms with Crippen molar-refractivity contribution >= 4 is 0 Å². The van der Waals surface area contributed by atoms with Gasteiger partial charge in [0, 0.05) is 13.1 Å². The second-order valence-electron chi connectivity index (χ2n) is 4.80. The fourth-order valence-corrected chi connectivity index (χ4v) is 2.35. The van der Waals surface area contributed by atoms with Gasteiger partial charge in [0.1, 0.15) is 12.2 Å². The first-order valence-electron chi connectivity index (χ1n) is 6.09. The largest absolute Gasteiger partial charge is 0.395 e. The molecule has 0 radical (unpaired) electrons. The molecule has 1 heterocycles. The molecule has 106 valence electrons. The van der Waals surface area contributed by atoms with Crippen molar-refractivity contribution in [3.05, 3.63) is 35.9 Å². The van der Waals surface area contributed by atoms with Crippen LogP contribution >= 0.6 is 0 Å². The number of alkyl halides is 2. The van der Waals surface area contributed by atoms with Gasteiger partial charge in [-0.2, -0.15) is 0 Å². The average molecular weight is 273 g/mol. The Balaban J connectivity index is 2.16. The number of benzene rings is 1. The highest BCUT2D eigenvalue weighted by Crippen LogP contribution is 2.33. The fourth-order valence-electron chi connectivity index (χ4n) is 2.35. The molecular weight excluding hydrogens is 256 g/mol. The summed E-state index contributed by atoms with van der Waals surface area (Å²) in [4.78, 5) is 1.47. The Morgan fingerprint density at radius 1 is 1.21 bits per heavy atom. The van der Waals surface area contributed by atoms with Gasteiger partial charge < -0.3 is 15.3 Å². The molecule has 1 aliphatic rings. The number of nitrogens with zero attached hydrogens (tertiary/aromatic N) is 1. The zero-order valence-corrected chi connectivity index (χ0v) is 10.3. The Bertz CT molecular complexity index is 416. The molecule has 4 nitrogen and oxygen atoms in total. The number of piperidine rings is 1. The van der Waals surface area contributed by atoms with Crippen molar-refractivity contribution in [2.75, 3.05) is 13.2 Å². The monoisotopic (exact) mass is 273 g/mol. The molecule has 2 rings (SSSR count). The van der Waals surface area contributed by atoms with E-state index in [0.29, 0.717) is 0 Å². The molecular formula is C13H17F2NO3. The molecule has 1 saturated heterocycles. The third-order valence-corrected chi connectivity index (χ3v) is 3.50. The Morgan fingerprint density at radius 2 is 1.84 bits per heavy atom. The van der Waals surface area contributed by atoms with Gasteiger partial charge in [-0.15, -0.1) is 0 Å². The zero-order chi connectivity index (χ0) is 14.0. The van der Waals surface area contributed by atoms with Gasteiger partial charge in [0.25, 0.3) is 0 Å². The van der Waals surface area contributed by atoms with Crippen LogP contribution in [0, 0.1) is 0 Å². The first-order valence-corrected chi connectivity index (χ1v) is 6.09. The topological polar surface area (TPSA) is 63.9 Å². The number of aliphatic hydroxyl groups is 3. The average Bonchev–Trinajstić information content (AvgIpc) is 2.39. The van der Waals surface area contributed by atoms with Gasteiger partial charge in [0.05, 0.1) is 12.6 Å². The van der Waals surface area contributed by atoms with E-state index in [2.05, 4.69) is 0 Å². The third kappa shape index (κ3) is 2.76. The molecule has 3 N–H and O–H groups in total. The lowest BCUT2D eigenvalue weighted by Gasteiger charge is -2.44. The molecule has 0 aromatic heterocycles. The Kier molecular flexibility index (Phi) is 4.15. The van der Waals surface area contributed by atoms with Gasteiger partial charge >= 0.3 is 5.92 Å². The molecule has 1 aromatic rings. The second-order valence-corrected chi connectivity index (χ2v) is 4.80. The molecule has 0 unspecified atom stereocenters. The predicted molar refractivity (Wildman–Crippen MR) is 64.7 cm³/mol. The van der Waals surface area contributed by atoms with Crippen molar-refractivity contribution in [2.45, 2.75) is 30.7 Å². The summed E-state index contributed by atoms with van der Waals surface area (Å²) in [6.45, 7) is -0.587. The molecule has 0 amide bonds. The van der Waals surface area contributed by atoms with Crippen LogP contribution in [0.5, 0.6) is 0 Å². The first kappa shape index (κ1) is 14.3. The van der Waals surface area contributed by atoms with Crippen molar-refractivity contribution in [3.8, 4) is 0 Å². The summed E-state index contributed by atoms with van der Waals surface area (Å²) >= 11 is 0. The zero-order valence-electron chi connectivity index (χ0n) is 10.3. The van der Waals surface area contributed by atoms with Crippen molar-refractivity contribution in [1.82, 2.24) is 4.90 Å². The molecule has 3 atom stereocenters. The molecule has 1 fully saturated rings. The van der Waals surface area contributed by atoms with Gasteiger partial charge in [0.2, 0.25) is 0 Å². The lowest BCUT2D eigenvalue weighted by molar-refractivity contribution is -0.234. The summed E-state index contributed by atoms with van der Waals surface area (Å²) in [5.41, 5.74) is 0.866. The Hall–Kier alpha value is -1.08. The van der Waals surface area contributed by atoms with Gasteiger partial charge in [-0.25, -0.2) is 8.78 Å². The van der Waals surface area contributed by atoms with Crippen molar-refractivity contribution in [2.24, 2.45) is 0 Å². The maximum absolute atomic E-state index is 13.5. The van der Waals surface area contributed by atoms with Crippen LogP contribution in [0.1, 0.15) is 5.56 Å². The van der Waals surface area contributed by atoms with Gasteiger partial charge in [-0.1, -0.05) is 30.3 Å². The highest BCUT2D eigenvalue weighted by Gasteiger charge is 2.55. The van der Waals surface area contributed by atoms with E-state index in [-0.39, 0.29) is 13.1 Å². The Morgan fingerprint density at radius 3 is 2.42 bits per heavy atom. The lowest BCUT2D eigenvalue weighted by atomic mass is 9.92. The molecule has 0 aliphatic carbocycles. The minimum absolute atomic E-state index is 0.288. The normalized spacial score (nSPS) is 31.3. The van der Waals surface area contributed by atoms with E-state index in [1.807, 2.05) is 30.3 Å². The number of hydrogen-bond acceptors (Lipinski definition) is 4. The highest BCUT2D eigenvalue weighted by atomic mass is 19.3. The smallest absolute Gasteiger partial charge is 0.301 e. The van der Waals surface area contributed by atoms with Crippen LogP contribution in [0.2, 0.25) is 0 Å². The van der Waals surface area contributed by atoms with Gasteiger partial charge in [0.15, 0.2) is 0 Å². The van der Waals surface area contributed by atoms with Crippen molar-refractivity contribution in [3.63, 3.8) is 0 Å². The van der Waals surface area contributed by atoms with Crippen LogP contribution in [0.25, 0.3) is 0 Å². The van der Waals surface area contributed by atoms with E-state index in [0.717, 1.165) is 5.56 Å². The van der Waals surface area contributed by atoms with E-state index >= 15 is 0 Å². The van der Waals surface area contributed by atoms with E-state index in [1.54, 1.807) is 0 Å². The predicted octanol–water partition coefficient (Wildman–Crippen LogP) is 0.220. The molecule has 19 heavy (non-hydrogen) atoms. The second kappa shape index (κ2) is 5.50. The molecule has 0 saturated carbocycles. The van der Waals surface area contributed by atoms with Crippen LogP contribution < -0.4 is 0 Å². The summed E-state index contributed by atoms with van der Waals surface area (Å²) in [5.74, 6) is -3.60. The first-order chi connectivity index (χ1) is 8.96. The minimum Gasteiger partial charge on any atom is -0.395 e. The van der Waals surface area contributed by atoms with Gasteiger partial charge in [-0.05, 0) is 5.56 Å². The molecule has 1 aliphatic heterocycles. The Labute approximate surface area is 109 Å². The summed E-state index contributed by atoms with van der Waals surface area (Å²) in [6.07, 6.45) is -4.01. The number of likely N-dealkylation sites (tertiary alicyclic amines) is 1. The molecule has 6 heteroatoms. The van der Waals surface area contributed by atoms with Crippen molar-refractivity contribution in [1.29, 1.82) is 0 Å². The summed E-state index contributed by atoms with van der Waals surface area (Å²) < 4.78 is 27.0. The molecule has 1 aromatic carbocycles.